The van der Waals surface area contributed by atoms with Crippen molar-refractivity contribution in [3.05, 3.63) is 17.0 Å². The van der Waals surface area contributed by atoms with Gasteiger partial charge in [0.1, 0.15) is 5.69 Å². The van der Waals surface area contributed by atoms with Gasteiger partial charge in [-0.3, -0.25) is 4.68 Å². The molecule has 18 heavy (non-hydrogen) atoms. The number of aliphatic hydroxyl groups excluding tert-OH is 1. The highest BCUT2D eigenvalue weighted by Crippen LogP contribution is 2.35. The van der Waals surface area contributed by atoms with Crippen LogP contribution in [0.1, 0.15) is 73.5 Å². The Bertz CT molecular complexity index is 422. The first-order valence-electron chi connectivity index (χ1n) is 7.19. The maximum Gasteiger partial charge on any atom is 0.172 e. The van der Waals surface area contributed by atoms with Crippen LogP contribution in [0, 0.1) is 0 Å². The smallest absolute Gasteiger partial charge is 0.172 e. The highest BCUT2D eigenvalue weighted by molar-refractivity contribution is 6.19. The number of fused-ring (bicyclic) bond motifs is 1. The summed E-state index contributed by atoms with van der Waals surface area (Å²) in [4.78, 5) is 0. The van der Waals surface area contributed by atoms with Crippen molar-refractivity contribution in [1.82, 2.24) is 9.78 Å². The van der Waals surface area contributed by atoms with Crippen LogP contribution in [0.4, 0.5) is 0 Å². The van der Waals surface area contributed by atoms with Crippen molar-refractivity contribution in [3.8, 4) is 0 Å². The van der Waals surface area contributed by atoms with E-state index in [9.17, 15) is 5.11 Å². The second kappa shape index (κ2) is 5.22. The number of hydrogen-bond donors (Lipinski definition) is 1. The first-order valence-corrected chi connectivity index (χ1v) is 7.63. The van der Waals surface area contributed by atoms with Crippen molar-refractivity contribution >= 4 is 11.6 Å². The summed E-state index contributed by atoms with van der Waals surface area (Å²) in [6.45, 7) is 0. The van der Waals surface area contributed by atoms with Crippen LogP contribution in [0.15, 0.2) is 0 Å². The average molecular weight is 269 g/mol. The van der Waals surface area contributed by atoms with Crippen molar-refractivity contribution in [2.24, 2.45) is 0 Å². The number of aromatic nitrogens is 2. The number of alkyl halides is 1. The van der Waals surface area contributed by atoms with Crippen molar-refractivity contribution in [1.29, 1.82) is 0 Å². The summed E-state index contributed by atoms with van der Waals surface area (Å²) >= 11 is 5.87. The van der Waals surface area contributed by atoms with Gasteiger partial charge in [0.15, 0.2) is 5.56 Å². The van der Waals surface area contributed by atoms with Gasteiger partial charge in [-0.05, 0) is 38.5 Å². The van der Waals surface area contributed by atoms with E-state index >= 15 is 0 Å². The molecule has 100 valence electrons. The molecule has 4 heteroatoms. The zero-order valence-electron chi connectivity index (χ0n) is 10.7. The van der Waals surface area contributed by atoms with Gasteiger partial charge in [0.25, 0.3) is 0 Å². The Morgan fingerprint density at radius 3 is 2.56 bits per heavy atom. The molecule has 1 aromatic heterocycles. The molecule has 1 saturated carbocycles. The van der Waals surface area contributed by atoms with E-state index in [0.29, 0.717) is 6.04 Å². The summed E-state index contributed by atoms with van der Waals surface area (Å²) in [5, 5.41) is 14.3. The summed E-state index contributed by atoms with van der Waals surface area (Å²) < 4.78 is 2.20. The molecule has 0 aromatic carbocycles. The number of halogens is 1. The second-order valence-electron chi connectivity index (χ2n) is 5.59. The van der Waals surface area contributed by atoms with E-state index in [1.54, 1.807) is 0 Å². The summed E-state index contributed by atoms with van der Waals surface area (Å²) in [5.74, 6) is 0. The van der Waals surface area contributed by atoms with Crippen LogP contribution in [0.3, 0.4) is 0 Å². The first kappa shape index (κ1) is 12.5. The topological polar surface area (TPSA) is 38.1 Å². The van der Waals surface area contributed by atoms with Crippen molar-refractivity contribution < 1.29 is 5.11 Å². The van der Waals surface area contributed by atoms with Gasteiger partial charge >= 0.3 is 0 Å². The van der Waals surface area contributed by atoms with Crippen LogP contribution < -0.4 is 0 Å². The lowest BCUT2D eigenvalue weighted by Crippen LogP contribution is -2.18. The maximum absolute atomic E-state index is 9.68. The van der Waals surface area contributed by atoms with Gasteiger partial charge in [-0.25, -0.2) is 0 Å². The predicted molar refractivity (Wildman–Crippen MR) is 71.8 cm³/mol. The predicted octanol–water partition coefficient (Wildman–Crippen LogP) is 3.50. The zero-order valence-corrected chi connectivity index (χ0v) is 11.5. The fourth-order valence-corrected chi connectivity index (χ4v) is 3.65. The lowest BCUT2D eigenvalue weighted by Gasteiger charge is -2.25. The third-order valence-corrected chi connectivity index (χ3v) is 4.59. The maximum atomic E-state index is 9.68. The molecule has 1 fully saturated rings. The molecular weight excluding hydrogens is 248 g/mol. The van der Waals surface area contributed by atoms with Crippen molar-refractivity contribution in [2.75, 3.05) is 0 Å². The van der Waals surface area contributed by atoms with E-state index in [4.69, 9.17) is 11.6 Å². The molecule has 3 nitrogen and oxygen atoms in total. The minimum absolute atomic E-state index is 0.537. The molecule has 1 N–H and O–H groups in total. The van der Waals surface area contributed by atoms with Gasteiger partial charge in [0.2, 0.25) is 0 Å². The fourth-order valence-electron chi connectivity index (χ4n) is 3.47. The molecule has 3 rings (SSSR count). The van der Waals surface area contributed by atoms with Gasteiger partial charge in [0.05, 0.1) is 6.04 Å². The van der Waals surface area contributed by atoms with Gasteiger partial charge in [0, 0.05) is 11.3 Å². The van der Waals surface area contributed by atoms with Gasteiger partial charge < -0.3 is 5.11 Å². The summed E-state index contributed by atoms with van der Waals surface area (Å²) in [7, 11) is 0. The Balaban J connectivity index is 1.97. The van der Waals surface area contributed by atoms with E-state index < -0.39 is 5.56 Å². The molecule has 2 aliphatic rings. The van der Waals surface area contributed by atoms with Crippen molar-refractivity contribution in [3.63, 3.8) is 0 Å². The number of rotatable bonds is 2. The van der Waals surface area contributed by atoms with Crippen LogP contribution in [-0.4, -0.2) is 14.9 Å². The van der Waals surface area contributed by atoms with Crippen LogP contribution in [0.5, 0.6) is 0 Å². The third kappa shape index (κ3) is 2.19. The minimum Gasteiger partial charge on any atom is -0.372 e. The summed E-state index contributed by atoms with van der Waals surface area (Å²) in [5.41, 5.74) is 2.36. The Labute approximate surface area is 113 Å². The molecule has 1 aromatic rings. The van der Waals surface area contributed by atoms with Gasteiger partial charge in [-0.2, -0.15) is 5.10 Å². The first-order chi connectivity index (χ1) is 8.77. The fraction of sp³-hybridized carbons (Fsp3) is 0.786. The quantitative estimate of drug-likeness (QED) is 0.834. The molecule has 0 spiro atoms. The molecule has 0 amide bonds. The molecule has 0 bridgehead atoms. The van der Waals surface area contributed by atoms with Crippen LogP contribution >= 0.6 is 11.6 Å². The van der Waals surface area contributed by atoms with E-state index in [0.717, 1.165) is 18.5 Å². The Morgan fingerprint density at radius 2 is 1.83 bits per heavy atom. The normalized spacial score (nSPS) is 22.8. The van der Waals surface area contributed by atoms with Gasteiger partial charge in [-0.1, -0.05) is 30.9 Å². The number of aliphatic hydroxyl groups is 1. The molecular formula is C14H21ClN2O. The lowest BCUT2D eigenvalue weighted by molar-refractivity contribution is 0.251. The highest BCUT2D eigenvalue weighted by atomic mass is 35.5. The molecule has 0 radical (unpaired) electrons. The Morgan fingerprint density at radius 1 is 1.11 bits per heavy atom. The molecule has 0 saturated heterocycles. The monoisotopic (exact) mass is 268 g/mol. The molecule has 1 atom stereocenters. The van der Waals surface area contributed by atoms with Gasteiger partial charge in [-0.15, -0.1) is 0 Å². The van der Waals surface area contributed by atoms with E-state index in [1.165, 1.54) is 56.2 Å². The Hall–Kier alpha value is -0.540. The molecule has 0 aliphatic heterocycles. The molecule has 2 aliphatic carbocycles. The molecule has 1 unspecified atom stereocenters. The minimum atomic E-state index is -0.943. The van der Waals surface area contributed by atoms with Crippen LogP contribution in [-0.2, 0) is 12.8 Å². The SMILES string of the molecule is OC(Cl)c1nn(C2CCCCC2)c2c1CCCC2. The van der Waals surface area contributed by atoms with Crippen LogP contribution in [0.2, 0.25) is 0 Å². The van der Waals surface area contributed by atoms with Crippen LogP contribution in [0.25, 0.3) is 0 Å². The average Bonchev–Trinajstić information content (AvgIpc) is 2.79. The number of hydrogen-bond acceptors (Lipinski definition) is 2. The third-order valence-electron chi connectivity index (χ3n) is 4.39. The number of nitrogens with zero attached hydrogens (tertiary/aromatic N) is 2. The lowest BCUT2D eigenvalue weighted by atomic mass is 9.93. The largest absolute Gasteiger partial charge is 0.372 e. The van der Waals surface area contributed by atoms with E-state index in [-0.39, 0.29) is 0 Å². The van der Waals surface area contributed by atoms with Crippen molar-refractivity contribution in [2.45, 2.75) is 69.4 Å². The van der Waals surface area contributed by atoms with E-state index in [1.807, 2.05) is 0 Å². The molecule has 1 heterocycles. The zero-order chi connectivity index (χ0) is 12.5. The standard InChI is InChI=1S/C14H21ClN2O/c15-14(18)13-11-8-4-5-9-12(11)17(16-13)10-6-2-1-3-7-10/h10,14,18H,1-9H2. The summed E-state index contributed by atoms with van der Waals surface area (Å²) in [6, 6.07) is 0.537. The second-order valence-corrected chi connectivity index (χ2v) is 6.00. The van der Waals surface area contributed by atoms with E-state index in [2.05, 4.69) is 9.78 Å². The summed E-state index contributed by atoms with van der Waals surface area (Å²) in [6.07, 6.45) is 11.0. The Kier molecular flexibility index (Phi) is 3.62. The highest BCUT2D eigenvalue weighted by Gasteiger charge is 2.27.